The van der Waals surface area contributed by atoms with Crippen molar-refractivity contribution in [1.82, 2.24) is 9.80 Å². The summed E-state index contributed by atoms with van der Waals surface area (Å²) in [6, 6.07) is 12.7. The van der Waals surface area contributed by atoms with E-state index in [9.17, 15) is 29.0 Å². The van der Waals surface area contributed by atoms with E-state index in [0.717, 1.165) is 11.1 Å². The number of benzene rings is 2. The van der Waals surface area contributed by atoms with Crippen molar-refractivity contribution >= 4 is 17.9 Å². The molecule has 2 N–H and O–H groups in total. The number of aryl methyl sites for hydroxylation is 2. The molecule has 4 rings (SSSR count). The SMILES string of the molecule is CCN1C(CCc2ccc(F)cc2)=C(C(=O)O)C(CC)(c2ccc(C)cc2)C(C(=O)O)=C1N1CCC[C@H]1C(=O)OC(C)(C)C. The van der Waals surface area contributed by atoms with Gasteiger partial charge in [0.25, 0.3) is 0 Å². The molecule has 8 nitrogen and oxygen atoms in total. The Morgan fingerprint density at radius 1 is 0.955 bits per heavy atom. The van der Waals surface area contributed by atoms with E-state index in [1.807, 2.05) is 30.9 Å². The average molecular weight is 607 g/mol. The minimum atomic E-state index is -1.52. The van der Waals surface area contributed by atoms with Crippen LogP contribution in [0.15, 0.2) is 71.2 Å². The summed E-state index contributed by atoms with van der Waals surface area (Å²) in [4.78, 5) is 44.0. The quantitative estimate of drug-likeness (QED) is 0.308. The van der Waals surface area contributed by atoms with Crippen LogP contribution in [0.5, 0.6) is 0 Å². The Kier molecular flexibility index (Phi) is 9.56. The predicted octanol–water partition coefficient (Wildman–Crippen LogP) is 6.19. The summed E-state index contributed by atoms with van der Waals surface area (Å²) in [5, 5.41) is 21.9. The molecular formula is C35H43FN2O6. The van der Waals surface area contributed by atoms with Gasteiger partial charge in [0.2, 0.25) is 0 Å². The van der Waals surface area contributed by atoms with Crippen molar-refractivity contribution in [2.24, 2.45) is 0 Å². The molecule has 0 saturated carbocycles. The molecule has 2 heterocycles. The fraction of sp³-hybridized carbons (Fsp3) is 0.457. The first-order chi connectivity index (χ1) is 20.7. The van der Waals surface area contributed by atoms with Crippen molar-refractivity contribution in [3.05, 3.63) is 93.7 Å². The van der Waals surface area contributed by atoms with Gasteiger partial charge in [0, 0.05) is 18.8 Å². The zero-order chi connectivity index (χ0) is 32.4. The number of carbonyl (C=O) groups is 3. The van der Waals surface area contributed by atoms with Crippen molar-refractivity contribution in [1.29, 1.82) is 0 Å². The molecule has 1 unspecified atom stereocenters. The maximum atomic E-state index is 13.7. The molecule has 2 aliphatic rings. The lowest BCUT2D eigenvalue weighted by atomic mass is 9.63. The number of carboxylic acids is 2. The second kappa shape index (κ2) is 12.8. The number of allylic oxidation sites excluding steroid dienone is 1. The summed E-state index contributed by atoms with van der Waals surface area (Å²) >= 11 is 0. The van der Waals surface area contributed by atoms with Gasteiger partial charge < -0.3 is 24.7 Å². The Balaban J connectivity index is 2.03. The van der Waals surface area contributed by atoms with E-state index in [4.69, 9.17) is 4.74 Å². The maximum absolute atomic E-state index is 13.7. The standard InChI is InChI=1S/C35H43FN2O6/c1-7-35(24-16-11-22(3)12-17-24)28(31(39)40)26(20-15-23-13-18-25(36)19-14-23)37(8-2)30(29(35)32(41)42)38-21-9-10-27(38)33(43)44-34(4,5)6/h11-14,16-19,27H,7-10,15,20-21H2,1-6H3,(H,39,40)(H,41,42)/t27-,35?/m0/s1. The van der Waals surface area contributed by atoms with Gasteiger partial charge in [0.15, 0.2) is 0 Å². The molecule has 0 bridgehead atoms. The van der Waals surface area contributed by atoms with Crippen LogP contribution in [-0.4, -0.2) is 62.7 Å². The summed E-state index contributed by atoms with van der Waals surface area (Å²) in [7, 11) is 0. The first-order valence-corrected chi connectivity index (χ1v) is 15.3. The van der Waals surface area contributed by atoms with Crippen molar-refractivity contribution in [2.45, 2.75) is 90.7 Å². The highest BCUT2D eigenvalue weighted by atomic mass is 19.1. The Labute approximate surface area is 258 Å². The highest BCUT2D eigenvalue weighted by Crippen LogP contribution is 2.52. The van der Waals surface area contributed by atoms with Crippen LogP contribution in [0.3, 0.4) is 0 Å². The lowest BCUT2D eigenvalue weighted by Crippen LogP contribution is -2.52. The van der Waals surface area contributed by atoms with Gasteiger partial charge in [-0.25, -0.2) is 18.8 Å². The lowest BCUT2D eigenvalue weighted by Gasteiger charge is -2.48. The summed E-state index contributed by atoms with van der Waals surface area (Å²) in [6.45, 7) is 11.6. The zero-order valence-corrected chi connectivity index (χ0v) is 26.4. The molecule has 1 saturated heterocycles. The third kappa shape index (κ3) is 6.23. The molecule has 0 amide bonds. The van der Waals surface area contributed by atoms with Crippen LogP contribution in [0, 0.1) is 12.7 Å². The van der Waals surface area contributed by atoms with Crippen LogP contribution >= 0.6 is 0 Å². The molecule has 0 aromatic heterocycles. The molecule has 44 heavy (non-hydrogen) atoms. The Hall–Kier alpha value is -4.14. The van der Waals surface area contributed by atoms with E-state index < -0.39 is 35.0 Å². The number of aliphatic carboxylic acids is 2. The van der Waals surface area contributed by atoms with E-state index in [1.54, 1.807) is 56.9 Å². The van der Waals surface area contributed by atoms with Gasteiger partial charge in [-0.15, -0.1) is 0 Å². The molecule has 0 radical (unpaired) electrons. The van der Waals surface area contributed by atoms with Crippen molar-refractivity contribution < 1.29 is 33.7 Å². The van der Waals surface area contributed by atoms with E-state index in [-0.39, 0.29) is 36.3 Å². The van der Waals surface area contributed by atoms with E-state index >= 15 is 0 Å². The largest absolute Gasteiger partial charge is 0.478 e. The summed E-state index contributed by atoms with van der Waals surface area (Å²) in [5.41, 5.74) is 0.478. The van der Waals surface area contributed by atoms with Gasteiger partial charge in [-0.2, -0.15) is 0 Å². The fourth-order valence-corrected chi connectivity index (χ4v) is 6.68. The van der Waals surface area contributed by atoms with E-state index in [1.165, 1.54) is 12.1 Å². The molecule has 236 valence electrons. The zero-order valence-electron chi connectivity index (χ0n) is 26.4. The lowest BCUT2D eigenvalue weighted by molar-refractivity contribution is -0.160. The van der Waals surface area contributed by atoms with Gasteiger partial charge in [0.1, 0.15) is 23.3 Å². The first-order valence-electron chi connectivity index (χ1n) is 15.3. The number of ether oxygens (including phenoxy) is 1. The normalized spacial score (nSPS) is 20.8. The van der Waals surface area contributed by atoms with Crippen LogP contribution in [0.25, 0.3) is 0 Å². The van der Waals surface area contributed by atoms with Gasteiger partial charge in [-0.3, -0.25) is 0 Å². The second-order valence-electron chi connectivity index (χ2n) is 12.5. The van der Waals surface area contributed by atoms with Gasteiger partial charge in [0.05, 0.1) is 16.6 Å². The number of nitrogens with zero attached hydrogens (tertiary/aromatic N) is 2. The molecule has 2 aliphatic heterocycles. The summed E-state index contributed by atoms with van der Waals surface area (Å²) < 4.78 is 19.5. The number of likely N-dealkylation sites (tertiary alicyclic amines) is 1. The van der Waals surface area contributed by atoms with E-state index in [0.29, 0.717) is 42.9 Å². The minimum Gasteiger partial charge on any atom is -0.478 e. The number of hydrogen-bond acceptors (Lipinski definition) is 6. The number of esters is 1. The number of carbonyl (C=O) groups excluding carboxylic acids is 1. The van der Waals surface area contributed by atoms with Gasteiger partial charge in [-0.05, 0) is 90.0 Å². The highest BCUT2D eigenvalue weighted by molar-refractivity contribution is 6.01. The fourth-order valence-electron chi connectivity index (χ4n) is 6.68. The van der Waals surface area contributed by atoms with Crippen LogP contribution in [0.4, 0.5) is 4.39 Å². The number of halogens is 1. The van der Waals surface area contributed by atoms with Crippen molar-refractivity contribution in [2.75, 3.05) is 13.1 Å². The molecule has 0 aliphatic carbocycles. The average Bonchev–Trinajstić information content (AvgIpc) is 3.45. The van der Waals surface area contributed by atoms with Crippen LogP contribution in [0.1, 0.15) is 77.0 Å². The van der Waals surface area contributed by atoms with Gasteiger partial charge in [-0.1, -0.05) is 48.9 Å². The Morgan fingerprint density at radius 2 is 1.57 bits per heavy atom. The smallest absolute Gasteiger partial charge is 0.336 e. The molecule has 2 aromatic rings. The summed E-state index contributed by atoms with van der Waals surface area (Å²) in [6.07, 6.45) is 1.94. The molecule has 9 heteroatoms. The topological polar surface area (TPSA) is 107 Å². The molecule has 2 aromatic carbocycles. The number of carboxylic acid groups (broad SMARTS) is 2. The number of rotatable bonds is 10. The van der Waals surface area contributed by atoms with Crippen molar-refractivity contribution in [3.63, 3.8) is 0 Å². The van der Waals surface area contributed by atoms with Crippen LogP contribution in [-0.2, 0) is 31.0 Å². The molecule has 1 fully saturated rings. The summed E-state index contributed by atoms with van der Waals surface area (Å²) in [5.74, 6) is -2.93. The third-order valence-corrected chi connectivity index (χ3v) is 8.53. The maximum Gasteiger partial charge on any atom is 0.336 e. The van der Waals surface area contributed by atoms with Gasteiger partial charge >= 0.3 is 17.9 Å². The Bertz CT molecular complexity index is 1470. The minimum absolute atomic E-state index is 0.00183. The third-order valence-electron chi connectivity index (χ3n) is 8.53. The van der Waals surface area contributed by atoms with Crippen LogP contribution < -0.4 is 0 Å². The molecular weight excluding hydrogens is 563 g/mol. The monoisotopic (exact) mass is 606 g/mol. The van der Waals surface area contributed by atoms with E-state index in [2.05, 4.69) is 0 Å². The predicted molar refractivity (Wildman–Crippen MR) is 165 cm³/mol. The molecule has 2 atom stereocenters. The van der Waals surface area contributed by atoms with Crippen molar-refractivity contribution in [3.8, 4) is 0 Å². The Morgan fingerprint density at radius 3 is 2.09 bits per heavy atom. The number of hydrogen-bond donors (Lipinski definition) is 2. The highest BCUT2D eigenvalue weighted by Gasteiger charge is 2.54. The van der Waals surface area contributed by atoms with Crippen LogP contribution in [0.2, 0.25) is 0 Å². The molecule has 0 spiro atoms. The second-order valence-corrected chi connectivity index (χ2v) is 12.5. The first kappa shape index (κ1) is 32.8.